The molecule has 5 N–H and O–H groups in total. The molecule has 0 atom stereocenters. The molecular weight excluding hydrogens is 470 g/mol. The summed E-state index contributed by atoms with van der Waals surface area (Å²) in [6.07, 6.45) is 1.65. The first kappa shape index (κ1) is 27.5. The van der Waals surface area contributed by atoms with E-state index in [1.165, 1.54) is 0 Å². The lowest BCUT2D eigenvalue weighted by atomic mass is 10.2. The molecule has 0 saturated carbocycles. The number of unbranched alkanes of at least 4 members (excludes halogenated alkanes) is 1. The molecule has 9 heteroatoms. The highest BCUT2D eigenvalue weighted by Crippen LogP contribution is 2.19. The summed E-state index contributed by atoms with van der Waals surface area (Å²) in [5.74, 6) is -1.04. The SMILES string of the molecule is CC(=N)/C(NC(=O)COC(=O)Cn1c(C)cc2ccccc21)=C(/C)Nc1ccc(NCCCCO)cc1. The number of ether oxygens (including phenoxy) is 1. The Balaban J connectivity index is 1.54. The Morgan fingerprint density at radius 3 is 2.43 bits per heavy atom. The Morgan fingerprint density at radius 2 is 1.73 bits per heavy atom. The van der Waals surface area contributed by atoms with E-state index in [9.17, 15) is 9.59 Å². The highest BCUT2D eigenvalue weighted by molar-refractivity contribution is 6.00. The van der Waals surface area contributed by atoms with Crippen molar-refractivity contribution in [1.29, 1.82) is 5.41 Å². The summed E-state index contributed by atoms with van der Waals surface area (Å²) in [5, 5.41) is 27.1. The van der Waals surface area contributed by atoms with Gasteiger partial charge in [-0.05, 0) is 75.4 Å². The van der Waals surface area contributed by atoms with Crippen molar-refractivity contribution in [3.8, 4) is 0 Å². The molecule has 3 rings (SSSR count). The third-order valence-corrected chi connectivity index (χ3v) is 5.81. The van der Waals surface area contributed by atoms with Crippen LogP contribution in [0.1, 0.15) is 32.4 Å². The van der Waals surface area contributed by atoms with Crippen LogP contribution < -0.4 is 16.0 Å². The molecule has 37 heavy (non-hydrogen) atoms. The molecule has 3 aromatic rings. The van der Waals surface area contributed by atoms with Crippen molar-refractivity contribution >= 4 is 39.9 Å². The molecule has 196 valence electrons. The van der Waals surface area contributed by atoms with Crippen LogP contribution in [0.2, 0.25) is 0 Å². The van der Waals surface area contributed by atoms with Gasteiger partial charge in [-0.1, -0.05) is 18.2 Å². The van der Waals surface area contributed by atoms with Crippen LogP contribution in [-0.2, 0) is 20.9 Å². The lowest BCUT2D eigenvalue weighted by Gasteiger charge is -2.15. The molecule has 0 unspecified atom stereocenters. The van der Waals surface area contributed by atoms with Gasteiger partial charge in [-0.25, -0.2) is 0 Å². The number of anilines is 2. The van der Waals surface area contributed by atoms with E-state index in [2.05, 4.69) is 16.0 Å². The fourth-order valence-electron chi connectivity index (χ4n) is 3.94. The van der Waals surface area contributed by atoms with E-state index in [1.807, 2.05) is 66.1 Å². The molecule has 0 spiro atoms. The fourth-order valence-corrected chi connectivity index (χ4v) is 3.94. The lowest BCUT2D eigenvalue weighted by molar-refractivity contribution is -0.148. The van der Waals surface area contributed by atoms with E-state index in [-0.39, 0.29) is 18.9 Å². The number of esters is 1. The molecule has 0 aliphatic carbocycles. The van der Waals surface area contributed by atoms with Crippen molar-refractivity contribution in [3.05, 3.63) is 71.7 Å². The zero-order valence-corrected chi connectivity index (χ0v) is 21.6. The first-order valence-electron chi connectivity index (χ1n) is 12.3. The Labute approximate surface area is 217 Å². The number of rotatable bonds is 13. The maximum absolute atomic E-state index is 12.5. The summed E-state index contributed by atoms with van der Waals surface area (Å²) in [5.41, 5.74) is 4.70. The Morgan fingerprint density at radius 1 is 1.03 bits per heavy atom. The van der Waals surface area contributed by atoms with Gasteiger partial charge in [0.15, 0.2) is 6.61 Å². The van der Waals surface area contributed by atoms with E-state index in [4.69, 9.17) is 15.3 Å². The third kappa shape index (κ3) is 7.94. The van der Waals surface area contributed by atoms with Crippen LogP contribution in [0, 0.1) is 12.3 Å². The summed E-state index contributed by atoms with van der Waals surface area (Å²) in [6, 6.07) is 17.4. The summed E-state index contributed by atoms with van der Waals surface area (Å²) in [4.78, 5) is 24.9. The molecule has 0 radical (unpaired) electrons. The number of para-hydroxylation sites is 1. The number of allylic oxidation sites excluding steroid dienone is 2. The Hall–Kier alpha value is -4.11. The molecule has 2 aromatic carbocycles. The predicted octanol–water partition coefficient (Wildman–Crippen LogP) is 4.18. The molecule has 1 aromatic heterocycles. The number of aromatic nitrogens is 1. The number of nitrogens with zero attached hydrogens (tertiary/aromatic N) is 1. The van der Waals surface area contributed by atoms with Crippen molar-refractivity contribution in [2.45, 2.75) is 40.2 Å². The number of carbonyl (C=O) groups is 2. The second-order valence-electron chi connectivity index (χ2n) is 8.82. The van der Waals surface area contributed by atoms with Crippen LogP contribution in [0.3, 0.4) is 0 Å². The molecule has 0 aliphatic heterocycles. The standard InChI is InChI=1S/C28H35N5O4/c1-19-16-22-8-4-5-9-25(22)33(19)17-27(36)37-18-26(35)32-28(20(2)29)21(3)31-24-12-10-23(11-13-24)30-14-6-7-15-34/h4-5,8-13,16,29-31,34H,6-7,14-15,17-18H2,1-3H3,(H,32,35)/b28-21+,29-20?. The number of nitrogens with one attached hydrogen (secondary N) is 4. The van der Waals surface area contributed by atoms with Crippen molar-refractivity contribution in [2.24, 2.45) is 0 Å². The average Bonchev–Trinajstić information content (AvgIpc) is 3.19. The number of hydrogen-bond donors (Lipinski definition) is 5. The highest BCUT2D eigenvalue weighted by atomic mass is 16.5. The van der Waals surface area contributed by atoms with Crippen LogP contribution in [0.15, 0.2) is 66.0 Å². The van der Waals surface area contributed by atoms with Gasteiger partial charge in [0.1, 0.15) is 6.54 Å². The van der Waals surface area contributed by atoms with Crippen LogP contribution in [0.25, 0.3) is 10.9 Å². The molecule has 0 aliphatic rings. The highest BCUT2D eigenvalue weighted by Gasteiger charge is 2.15. The van der Waals surface area contributed by atoms with Gasteiger partial charge in [0, 0.05) is 41.4 Å². The number of hydrogen-bond acceptors (Lipinski definition) is 7. The van der Waals surface area contributed by atoms with Gasteiger partial charge in [-0.2, -0.15) is 0 Å². The van der Waals surface area contributed by atoms with Crippen LogP contribution >= 0.6 is 0 Å². The monoisotopic (exact) mass is 505 g/mol. The largest absolute Gasteiger partial charge is 0.454 e. The summed E-state index contributed by atoms with van der Waals surface area (Å²) < 4.78 is 7.07. The van der Waals surface area contributed by atoms with E-state index in [0.717, 1.165) is 47.4 Å². The number of aryl methyl sites for hydroxylation is 1. The van der Waals surface area contributed by atoms with Gasteiger partial charge < -0.3 is 35.8 Å². The molecule has 1 amide bonds. The van der Waals surface area contributed by atoms with Gasteiger partial charge in [0.25, 0.3) is 5.91 Å². The van der Waals surface area contributed by atoms with Crippen LogP contribution in [0.5, 0.6) is 0 Å². The average molecular weight is 506 g/mol. The van der Waals surface area contributed by atoms with E-state index in [1.54, 1.807) is 13.8 Å². The number of benzene rings is 2. The quantitative estimate of drug-likeness (QED) is 0.135. The van der Waals surface area contributed by atoms with E-state index in [0.29, 0.717) is 11.4 Å². The number of amides is 1. The van der Waals surface area contributed by atoms with Crippen LogP contribution in [0.4, 0.5) is 11.4 Å². The number of carbonyl (C=O) groups excluding carboxylic acids is 2. The van der Waals surface area contributed by atoms with Crippen molar-refractivity contribution < 1.29 is 19.4 Å². The maximum atomic E-state index is 12.5. The summed E-state index contributed by atoms with van der Waals surface area (Å²) in [7, 11) is 0. The molecule has 0 saturated heterocycles. The van der Waals surface area contributed by atoms with Gasteiger partial charge in [0.2, 0.25) is 0 Å². The molecular formula is C28H35N5O4. The Kier molecular flexibility index (Phi) is 9.85. The smallest absolute Gasteiger partial charge is 0.326 e. The van der Waals surface area contributed by atoms with Crippen LogP contribution in [-0.4, -0.2) is 47.0 Å². The topological polar surface area (TPSA) is 128 Å². The first-order chi connectivity index (χ1) is 17.8. The predicted molar refractivity (Wildman–Crippen MR) is 147 cm³/mol. The third-order valence-electron chi connectivity index (χ3n) is 5.81. The number of fused-ring (bicyclic) bond motifs is 1. The second-order valence-corrected chi connectivity index (χ2v) is 8.82. The first-order valence-corrected chi connectivity index (χ1v) is 12.3. The number of aliphatic hydroxyl groups is 1. The van der Waals surface area contributed by atoms with Crippen molar-refractivity contribution in [3.63, 3.8) is 0 Å². The van der Waals surface area contributed by atoms with E-state index < -0.39 is 18.5 Å². The minimum Gasteiger partial charge on any atom is -0.454 e. The van der Waals surface area contributed by atoms with Gasteiger partial charge >= 0.3 is 5.97 Å². The minimum atomic E-state index is -0.521. The van der Waals surface area contributed by atoms with Gasteiger partial charge in [-0.15, -0.1) is 0 Å². The normalized spacial score (nSPS) is 11.6. The Bertz CT molecular complexity index is 1280. The molecule has 0 fully saturated rings. The van der Waals surface area contributed by atoms with Gasteiger partial charge in [0.05, 0.1) is 11.4 Å². The maximum Gasteiger partial charge on any atom is 0.326 e. The van der Waals surface area contributed by atoms with E-state index >= 15 is 0 Å². The van der Waals surface area contributed by atoms with Crippen molar-refractivity contribution in [2.75, 3.05) is 30.4 Å². The lowest BCUT2D eigenvalue weighted by Crippen LogP contribution is -2.32. The molecule has 1 heterocycles. The zero-order chi connectivity index (χ0) is 26.8. The zero-order valence-electron chi connectivity index (χ0n) is 21.6. The summed E-state index contributed by atoms with van der Waals surface area (Å²) in [6.45, 7) is 5.79. The molecule has 0 bridgehead atoms. The minimum absolute atomic E-state index is 0.00575. The van der Waals surface area contributed by atoms with Gasteiger partial charge in [-0.3, -0.25) is 9.59 Å². The second kappa shape index (κ2) is 13.3. The summed E-state index contributed by atoms with van der Waals surface area (Å²) >= 11 is 0. The number of aliphatic hydroxyl groups excluding tert-OH is 1. The van der Waals surface area contributed by atoms with Crippen molar-refractivity contribution in [1.82, 2.24) is 9.88 Å². The fraction of sp³-hybridized carbons (Fsp3) is 0.321. The molecule has 9 nitrogen and oxygen atoms in total.